The molecule has 5 aromatic carbocycles. The smallest absolute Gasteiger partial charge is 0.0582 e. The van der Waals surface area contributed by atoms with Crippen LogP contribution in [0.1, 0.15) is 63.8 Å². The van der Waals surface area contributed by atoms with Gasteiger partial charge in [0.15, 0.2) is 0 Å². The first kappa shape index (κ1) is 23.6. The highest BCUT2D eigenvalue weighted by Crippen LogP contribution is 2.51. The average Bonchev–Trinajstić information content (AvgIpc) is 3.48. The number of para-hydroxylation sites is 4. The van der Waals surface area contributed by atoms with Crippen LogP contribution < -0.4 is 0 Å². The first-order chi connectivity index (χ1) is 19.4. The van der Waals surface area contributed by atoms with Gasteiger partial charge in [-0.25, -0.2) is 0 Å². The van der Waals surface area contributed by atoms with Crippen LogP contribution in [0.15, 0.2) is 97.1 Å². The molecule has 0 saturated heterocycles. The van der Waals surface area contributed by atoms with Crippen molar-refractivity contribution in [2.45, 2.75) is 52.4 Å². The Bertz CT molecular complexity index is 2020. The zero-order valence-corrected chi connectivity index (χ0v) is 24.1. The molecule has 0 saturated carbocycles. The molecule has 0 bridgehead atoms. The molecular weight excluding hydrogens is 484 g/mol. The van der Waals surface area contributed by atoms with Gasteiger partial charge in [0, 0.05) is 32.4 Å². The van der Waals surface area contributed by atoms with Gasteiger partial charge in [0.05, 0.1) is 33.4 Å². The first-order valence-corrected chi connectivity index (χ1v) is 14.6. The van der Waals surface area contributed by atoms with Crippen molar-refractivity contribution < 1.29 is 0 Å². The lowest BCUT2D eigenvalue weighted by molar-refractivity contribution is 0.630. The first-order valence-electron chi connectivity index (χ1n) is 14.6. The van der Waals surface area contributed by atoms with E-state index in [4.69, 9.17) is 0 Å². The van der Waals surface area contributed by atoms with Gasteiger partial charge in [-0.3, -0.25) is 0 Å². The minimum Gasteiger partial charge on any atom is -0.309 e. The van der Waals surface area contributed by atoms with E-state index in [0.717, 1.165) is 0 Å². The predicted molar refractivity (Wildman–Crippen MR) is 171 cm³/mol. The van der Waals surface area contributed by atoms with Gasteiger partial charge in [-0.15, -0.1) is 0 Å². The molecule has 0 N–H and O–H groups in total. The molecule has 9 rings (SSSR count). The van der Waals surface area contributed by atoms with E-state index in [-0.39, 0.29) is 10.8 Å². The Labute approximate surface area is 235 Å². The summed E-state index contributed by atoms with van der Waals surface area (Å²) >= 11 is 0. The van der Waals surface area contributed by atoms with Crippen LogP contribution >= 0.6 is 0 Å². The van der Waals surface area contributed by atoms with E-state index in [1.54, 1.807) is 0 Å². The normalized spacial score (nSPS) is 15.7. The summed E-state index contributed by atoms with van der Waals surface area (Å²) in [5, 5.41) is 5.32. The summed E-state index contributed by atoms with van der Waals surface area (Å²) in [5.74, 6) is 0. The van der Waals surface area contributed by atoms with Crippen molar-refractivity contribution in [1.82, 2.24) is 9.13 Å². The van der Waals surface area contributed by atoms with Gasteiger partial charge in [0.25, 0.3) is 0 Å². The van der Waals surface area contributed by atoms with Crippen molar-refractivity contribution in [2.24, 2.45) is 0 Å². The average molecular weight is 519 g/mol. The van der Waals surface area contributed by atoms with Crippen LogP contribution in [0.2, 0.25) is 0 Å². The molecule has 0 spiro atoms. The SMILES string of the molecule is CC.CC1(C)c2ccccc2-n2c3cc4c5cccc6c5n(c4cc3c3cccc1c32)-c1ccccc1C6(C)C. The van der Waals surface area contributed by atoms with Gasteiger partial charge in [-0.05, 0) is 46.5 Å². The topological polar surface area (TPSA) is 9.86 Å². The number of aromatic nitrogens is 2. The van der Waals surface area contributed by atoms with Crippen molar-refractivity contribution in [1.29, 1.82) is 0 Å². The summed E-state index contributed by atoms with van der Waals surface area (Å²) in [6.45, 7) is 13.5. The van der Waals surface area contributed by atoms with Crippen molar-refractivity contribution in [3.05, 3.63) is 119 Å². The molecule has 2 aliphatic rings. The van der Waals surface area contributed by atoms with Crippen molar-refractivity contribution in [3.63, 3.8) is 0 Å². The highest BCUT2D eigenvalue weighted by atomic mass is 15.0. The molecule has 0 radical (unpaired) electrons. The molecule has 0 aliphatic carbocycles. The van der Waals surface area contributed by atoms with E-state index in [0.29, 0.717) is 0 Å². The summed E-state index contributed by atoms with van der Waals surface area (Å²) in [5.41, 5.74) is 13.4. The molecule has 0 amide bonds. The monoisotopic (exact) mass is 518 g/mol. The van der Waals surface area contributed by atoms with E-state index in [1.165, 1.54) is 77.2 Å². The summed E-state index contributed by atoms with van der Waals surface area (Å²) in [6.07, 6.45) is 0. The van der Waals surface area contributed by atoms with Gasteiger partial charge in [0.2, 0.25) is 0 Å². The second-order valence-electron chi connectivity index (χ2n) is 12.2. The Morgan fingerprint density at radius 3 is 1.23 bits per heavy atom. The van der Waals surface area contributed by atoms with Crippen LogP contribution in [0.4, 0.5) is 0 Å². The molecule has 2 nitrogen and oxygen atoms in total. The number of benzene rings is 5. The van der Waals surface area contributed by atoms with Crippen LogP contribution in [-0.4, -0.2) is 9.13 Å². The summed E-state index contributed by atoms with van der Waals surface area (Å²) in [7, 11) is 0. The number of fused-ring (bicyclic) bond motifs is 10. The largest absolute Gasteiger partial charge is 0.309 e. The van der Waals surface area contributed by atoms with Crippen LogP contribution in [0, 0.1) is 0 Å². The molecule has 7 aromatic rings. The molecule has 2 aliphatic heterocycles. The predicted octanol–water partition coefficient (Wildman–Crippen LogP) is 10.2. The molecule has 40 heavy (non-hydrogen) atoms. The summed E-state index contributed by atoms with van der Waals surface area (Å²) in [6, 6.07) is 36.6. The third-order valence-electron chi connectivity index (χ3n) is 9.68. The molecule has 2 aromatic heterocycles. The van der Waals surface area contributed by atoms with E-state index in [1.807, 2.05) is 13.8 Å². The van der Waals surface area contributed by atoms with Crippen LogP contribution in [0.3, 0.4) is 0 Å². The van der Waals surface area contributed by atoms with Crippen LogP contribution in [0.5, 0.6) is 0 Å². The highest BCUT2D eigenvalue weighted by molar-refractivity contribution is 6.20. The van der Waals surface area contributed by atoms with Crippen LogP contribution in [0.25, 0.3) is 55.0 Å². The second-order valence-corrected chi connectivity index (χ2v) is 12.2. The summed E-state index contributed by atoms with van der Waals surface area (Å²) in [4.78, 5) is 0. The quantitative estimate of drug-likeness (QED) is 0.189. The van der Waals surface area contributed by atoms with E-state index in [9.17, 15) is 0 Å². The van der Waals surface area contributed by atoms with Gasteiger partial charge in [-0.1, -0.05) is 114 Å². The maximum atomic E-state index is 2.53. The number of nitrogens with zero attached hydrogens (tertiary/aromatic N) is 2. The molecule has 0 unspecified atom stereocenters. The van der Waals surface area contributed by atoms with Crippen LogP contribution in [-0.2, 0) is 10.8 Å². The zero-order chi connectivity index (χ0) is 27.6. The lowest BCUT2D eigenvalue weighted by atomic mass is 9.75. The van der Waals surface area contributed by atoms with Gasteiger partial charge in [0.1, 0.15) is 0 Å². The maximum Gasteiger partial charge on any atom is 0.0582 e. The minimum atomic E-state index is -0.0535. The fourth-order valence-corrected chi connectivity index (χ4v) is 7.82. The molecular formula is C38H34N2. The van der Waals surface area contributed by atoms with Crippen molar-refractivity contribution >= 4 is 43.6 Å². The van der Waals surface area contributed by atoms with E-state index < -0.39 is 0 Å². The van der Waals surface area contributed by atoms with E-state index >= 15 is 0 Å². The molecule has 196 valence electrons. The number of rotatable bonds is 0. The fourth-order valence-electron chi connectivity index (χ4n) is 7.82. The zero-order valence-electron chi connectivity index (χ0n) is 24.1. The Morgan fingerprint density at radius 2 is 0.800 bits per heavy atom. The molecule has 0 atom stereocenters. The van der Waals surface area contributed by atoms with E-state index in [2.05, 4.69) is 134 Å². The van der Waals surface area contributed by atoms with Gasteiger partial charge in [-0.2, -0.15) is 0 Å². The standard InChI is InChI=1S/C36H28N2.C2H6/c1-35(2)25-13-5-7-17-29(25)37-31-20-24-22-12-10-16-28-34(22)38(30-18-8-6-14-26(30)36(28,3)4)32(24)19-23(31)21-11-9-15-27(35)33(21)37;1-2/h5-20H,1-4H3;1-2H3. The lowest BCUT2D eigenvalue weighted by Crippen LogP contribution is -2.26. The van der Waals surface area contributed by atoms with Gasteiger partial charge >= 0.3 is 0 Å². The summed E-state index contributed by atoms with van der Waals surface area (Å²) < 4.78 is 5.06. The fraction of sp³-hybridized carbons (Fsp3) is 0.211. The number of hydrogen-bond donors (Lipinski definition) is 0. The Hall–Kier alpha value is -4.30. The second kappa shape index (κ2) is 7.67. The molecule has 4 heterocycles. The molecule has 2 heteroatoms. The minimum absolute atomic E-state index is 0.0535. The number of hydrogen-bond acceptors (Lipinski definition) is 0. The van der Waals surface area contributed by atoms with Gasteiger partial charge < -0.3 is 9.13 Å². The Kier molecular flexibility index (Phi) is 4.52. The Morgan fingerprint density at radius 1 is 0.425 bits per heavy atom. The third-order valence-corrected chi connectivity index (χ3v) is 9.68. The molecule has 0 fully saturated rings. The lowest BCUT2D eigenvalue weighted by Gasteiger charge is -2.34. The van der Waals surface area contributed by atoms with Crippen molar-refractivity contribution in [2.75, 3.05) is 0 Å². The highest BCUT2D eigenvalue weighted by Gasteiger charge is 2.37. The third kappa shape index (κ3) is 2.60. The van der Waals surface area contributed by atoms with Crippen molar-refractivity contribution in [3.8, 4) is 11.4 Å². The maximum absolute atomic E-state index is 2.53. The Balaban J connectivity index is 0.00000120.